The highest BCUT2D eigenvalue weighted by molar-refractivity contribution is 5.97. The van der Waals surface area contributed by atoms with Crippen LogP contribution in [0.1, 0.15) is 28.4 Å². The van der Waals surface area contributed by atoms with E-state index in [9.17, 15) is 18.4 Å². The van der Waals surface area contributed by atoms with Crippen molar-refractivity contribution in [1.82, 2.24) is 10.8 Å². The number of benzene rings is 2. The van der Waals surface area contributed by atoms with Gasteiger partial charge in [0.05, 0.1) is 7.11 Å². The van der Waals surface area contributed by atoms with Crippen LogP contribution in [-0.2, 0) is 9.53 Å². The maximum Gasteiger partial charge on any atom is 0.269 e. The molecule has 0 saturated carbocycles. The molecule has 0 spiro atoms. The predicted molar refractivity (Wildman–Crippen MR) is 116 cm³/mol. The fraction of sp³-hybridized carbons (Fsp3) is 0.250. The van der Waals surface area contributed by atoms with E-state index in [0.29, 0.717) is 5.56 Å². The molecule has 0 radical (unpaired) electrons. The third-order valence-corrected chi connectivity index (χ3v) is 4.81. The summed E-state index contributed by atoms with van der Waals surface area (Å²) in [6, 6.07) is 11.2. The van der Waals surface area contributed by atoms with E-state index in [1.165, 1.54) is 17.6 Å². The Morgan fingerprint density at radius 3 is 1.91 bits per heavy atom. The van der Waals surface area contributed by atoms with E-state index < -0.39 is 29.9 Å². The molecule has 0 aliphatic carbocycles. The maximum atomic E-state index is 13.5. The Labute approximate surface area is 190 Å². The lowest BCUT2D eigenvalue weighted by Gasteiger charge is -2.34. The number of ether oxygens (including phenoxy) is 2. The van der Waals surface area contributed by atoms with Gasteiger partial charge in [0, 0.05) is 23.8 Å². The lowest BCUT2D eigenvalue weighted by atomic mass is 9.95. The van der Waals surface area contributed by atoms with Crippen LogP contribution in [0.4, 0.5) is 8.78 Å². The smallest absolute Gasteiger partial charge is 0.269 e. The van der Waals surface area contributed by atoms with Crippen molar-refractivity contribution in [2.45, 2.75) is 25.0 Å². The van der Waals surface area contributed by atoms with Crippen LogP contribution in [0, 0.1) is 23.7 Å². The van der Waals surface area contributed by atoms with Gasteiger partial charge in [0.25, 0.3) is 18.2 Å². The number of hydrogen-bond acceptors (Lipinski definition) is 5. The minimum absolute atomic E-state index is 0.0910. The van der Waals surface area contributed by atoms with Gasteiger partial charge in [-0.25, -0.2) is 14.3 Å². The lowest BCUT2D eigenvalue weighted by Crippen LogP contribution is -2.62. The summed E-state index contributed by atoms with van der Waals surface area (Å²) in [5.41, 5.74) is 0.327. The molecule has 0 aliphatic rings. The summed E-state index contributed by atoms with van der Waals surface area (Å²) in [5, 5.41) is 11.1. The van der Waals surface area contributed by atoms with Crippen molar-refractivity contribution in [3.63, 3.8) is 0 Å². The molecule has 3 N–H and O–H groups in total. The number of alkyl halides is 2. The summed E-state index contributed by atoms with van der Waals surface area (Å²) in [7, 11) is 2.55. The van der Waals surface area contributed by atoms with E-state index in [2.05, 4.69) is 29.0 Å². The molecule has 2 aromatic rings. The summed E-state index contributed by atoms with van der Waals surface area (Å²) in [6.07, 6.45) is -3.12. The number of halogens is 2. The minimum Gasteiger partial charge on any atom is -0.497 e. The van der Waals surface area contributed by atoms with E-state index >= 15 is 0 Å². The first-order valence-electron chi connectivity index (χ1n) is 9.59. The number of hydroxylamine groups is 1. The Bertz CT molecular complexity index is 1100. The second kappa shape index (κ2) is 11.6. The van der Waals surface area contributed by atoms with Gasteiger partial charge in [-0.3, -0.25) is 14.8 Å². The fourth-order valence-corrected chi connectivity index (χ4v) is 2.67. The molecule has 0 aliphatic heterocycles. The Morgan fingerprint density at radius 1 is 0.970 bits per heavy atom. The normalized spacial score (nSPS) is 12.8. The molecule has 0 fully saturated rings. The number of rotatable bonds is 7. The molecule has 2 atom stereocenters. The summed E-state index contributed by atoms with van der Waals surface area (Å²) in [5.74, 6) is 9.79. The number of amides is 2. The van der Waals surface area contributed by atoms with Crippen molar-refractivity contribution < 1.29 is 33.1 Å². The maximum absolute atomic E-state index is 13.5. The van der Waals surface area contributed by atoms with Crippen molar-refractivity contribution in [2.24, 2.45) is 0 Å². The molecule has 0 aromatic heterocycles. The van der Waals surface area contributed by atoms with Crippen LogP contribution in [0.25, 0.3) is 0 Å². The van der Waals surface area contributed by atoms with E-state index in [1.54, 1.807) is 43.5 Å². The Balaban J connectivity index is 2.11. The van der Waals surface area contributed by atoms with Crippen LogP contribution < -0.4 is 15.5 Å². The highest BCUT2D eigenvalue weighted by Crippen LogP contribution is 2.24. The Hall–Kier alpha value is -3.92. The van der Waals surface area contributed by atoms with Crippen LogP contribution >= 0.6 is 0 Å². The molecule has 9 heteroatoms. The van der Waals surface area contributed by atoms with Gasteiger partial charge >= 0.3 is 0 Å². The first-order chi connectivity index (χ1) is 15.7. The van der Waals surface area contributed by atoms with Gasteiger partial charge in [0.15, 0.2) is 5.60 Å². The SMILES string of the molecule is COc1ccc(C#CC#Cc2ccc(C(=O)N[C@H](C(=O)NO)C(C)(OC)C(F)F)cc2)cc1. The topological polar surface area (TPSA) is 96.9 Å². The van der Waals surface area contributed by atoms with Gasteiger partial charge in [-0.05, 0) is 67.3 Å². The number of hydrogen-bond donors (Lipinski definition) is 3. The molecule has 172 valence electrons. The molecular formula is C24H22F2N2O5. The van der Waals surface area contributed by atoms with Gasteiger partial charge in [-0.2, -0.15) is 0 Å². The van der Waals surface area contributed by atoms with E-state index in [1.807, 2.05) is 0 Å². The number of carbonyl (C=O) groups is 2. The zero-order valence-corrected chi connectivity index (χ0v) is 18.1. The van der Waals surface area contributed by atoms with E-state index in [4.69, 9.17) is 14.7 Å². The van der Waals surface area contributed by atoms with Crippen LogP contribution in [0.2, 0.25) is 0 Å². The molecule has 0 heterocycles. The first-order valence-corrected chi connectivity index (χ1v) is 9.59. The number of nitrogens with one attached hydrogen (secondary N) is 2. The molecule has 2 amide bonds. The van der Waals surface area contributed by atoms with Crippen molar-refractivity contribution >= 4 is 11.8 Å². The van der Waals surface area contributed by atoms with Gasteiger partial charge in [0.2, 0.25) is 0 Å². The van der Waals surface area contributed by atoms with Crippen molar-refractivity contribution in [3.8, 4) is 29.4 Å². The predicted octanol–water partition coefficient (Wildman–Crippen LogP) is 2.37. The highest BCUT2D eigenvalue weighted by atomic mass is 19.3. The highest BCUT2D eigenvalue weighted by Gasteiger charge is 2.48. The fourth-order valence-electron chi connectivity index (χ4n) is 2.67. The van der Waals surface area contributed by atoms with Crippen LogP contribution in [0.5, 0.6) is 5.75 Å². The molecule has 7 nitrogen and oxygen atoms in total. The van der Waals surface area contributed by atoms with Crippen LogP contribution in [0.3, 0.4) is 0 Å². The van der Waals surface area contributed by atoms with E-state index in [-0.39, 0.29) is 5.56 Å². The second-order valence-electron chi connectivity index (χ2n) is 6.88. The third kappa shape index (κ3) is 6.53. The van der Waals surface area contributed by atoms with Crippen molar-refractivity contribution in [2.75, 3.05) is 14.2 Å². The van der Waals surface area contributed by atoms with Crippen LogP contribution in [0.15, 0.2) is 48.5 Å². The number of methoxy groups -OCH3 is 2. The zero-order valence-electron chi connectivity index (χ0n) is 18.1. The largest absolute Gasteiger partial charge is 0.497 e. The second-order valence-corrected chi connectivity index (χ2v) is 6.88. The van der Waals surface area contributed by atoms with Crippen molar-refractivity contribution in [1.29, 1.82) is 0 Å². The van der Waals surface area contributed by atoms with Gasteiger partial charge < -0.3 is 14.8 Å². The minimum atomic E-state index is -3.12. The van der Waals surface area contributed by atoms with Crippen LogP contribution in [-0.4, -0.2) is 49.3 Å². The zero-order chi connectivity index (χ0) is 24.4. The molecule has 33 heavy (non-hydrogen) atoms. The molecule has 1 unspecified atom stereocenters. The Morgan fingerprint density at radius 2 is 1.48 bits per heavy atom. The average molecular weight is 456 g/mol. The monoisotopic (exact) mass is 456 g/mol. The quantitative estimate of drug-likeness (QED) is 0.338. The molecule has 0 saturated heterocycles. The summed E-state index contributed by atoms with van der Waals surface area (Å²) in [6.45, 7) is 0.948. The molecule has 2 rings (SSSR count). The molecule has 2 aromatic carbocycles. The average Bonchev–Trinajstić information content (AvgIpc) is 2.84. The summed E-state index contributed by atoms with van der Waals surface area (Å²) in [4.78, 5) is 24.4. The van der Waals surface area contributed by atoms with Crippen molar-refractivity contribution in [3.05, 3.63) is 65.2 Å². The Kier molecular flexibility index (Phi) is 8.93. The van der Waals surface area contributed by atoms with E-state index in [0.717, 1.165) is 25.3 Å². The molecule has 0 bridgehead atoms. The standard InChI is InChI=1S/C24H22F2N2O5/c1-24(33-3,23(25)26)20(22(30)28-31)27-21(29)18-12-8-16(9-13-18)6-4-5-7-17-10-14-19(32-2)15-11-17/h8-15,20,23,31H,1-3H3,(H,27,29)(H,28,30)/t20-,24?/m1/s1. The van der Waals surface area contributed by atoms with Gasteiger partial charge in [0.1, 0.15) is 11.8 Å². The summed E-state index contributed by atoms with van der Waals surface area (Å²) >= 11 is 0. The lowest BCUT2D eigenvalue weighted by molar-refractivity contribution is -0.157. The first kappa shape index (κ1) is 25.3. The van der Waals surface area contributed by atoms with Gasteiger partial charge in [-0.15, -0.1) is 0 Å². The molecular weight excluding hydrogens is 434 g/mol. The third-order valence-electron chi connectivity index (χ3n) is 4.81. The number of carbonyl (C=O) groups excluding carboxylic acids is 2. The summed E-state index contributed by atoms with van der Waals surface area (Å²) < 4.78 is 36.8. The van der Waals surface area contributed by atoms with Gasteiger partial charge in [-0.1, -0.05) is 11.8 Å².